The van der Waals surface area contributed by atoms with Crippen LogP contribution >= 0.6 is 0 Å². The molecule has 1 aromatic heterocycles. The quantitative estimate of drug-likeness (QED) is 0.766. The molecule has 2 rings (SSSR count). The zero-order valence-electron chi connectivity index (χ0n) is 11.1. The topological polar surface area (TPSA) is 38.9 Å². The van der Waals surface area contributed by atoms with E-state index in [0.717, 1.165) is 11.1 Å². The maximum absolute atomic E-state index is 5.65. The second kappa shape index (κ2) is 5.96. The van der Waals surface area contributed by atoms with Gasteiger partial charge in [-0.15, -0.1) is 10.2 Å². The summed E-state index contributed by atoms with van der Waals surface area (Å²) in [6.45, 7) is 7.59. The predicted octanol–water partition coefficient (Wildman–Crippen LogP) is 4.19. The van der Waals surface area contributed by atoms with Gasteiger partial charge in [-0.1, -0.05) is 48.6 Å². The van der Waals surface area contributed by atoms with Crippen LogP contribution in [-0.2, 0) is 0 Å². The minimum atomic E-state index is 0.532. The molecule has 3 heteroatoms. The van der Waals surface area contributed by atoms with Gasteiger partial charge >= 0.3 is 0 Å². The first-order valence-electron chi connectivity index (χ1n) is 6.07. The molecule has 0 spiro atoms. The van der Waals surface area contributed by atoms with E-state index in [1.807, 2.05) is 56.3 Å². The molecular formula is C16H16N2O. The van der Waals surface area contributed by atoms with E-state index in [1.54, 1.807) is 6.08 Å². The number of allylic oxidation sites excluding steroid dienone is 5. The summed E-state index contributed by atoms with van der Waals surface area (Å²) >= 11 is 0. The Kier molecular flexibility index (Phi) is 4.08. The van der Waals surface area contributed by atoms with E-state index < -0.39 is 0 Å². The number of hydrogen-bond acceptors (Lipinski definition) is 3. The molecule has 0 aliphatic heterocycles. The number of rotatable bonds is 4. The Morgan fingerprint density at radius 1 is 1.16 bits per heavy atom. The van der Waals surface area contributed by atoms with Gasteiger partial charge in [0.15, 0.2) is 0 Å². The summed E-state index contributed by atoms with van der Waals surface area (Å²) in [6.07, 6.45) is 7.36. The van der Waals surface area contributed by atoms with Gasteiger partial charge in [-0.2, -0.15) is 0 Å². The van der Waals surface area contributed by atoms with Crippen molar-refractivity contribution in [1.82, 2.24) is 10.2 Å². The van der Waals surface area contributed by atoms with Crippen molar-refractivity contribution in [3.05, 3.63) is 66.6 Å². The average Bonchev–Trinajstić information content (AvgIpc) is 2.89. The fraction of sp³-hybridized carbons (Fsp3) is 0.125. The lowest BCUT2D eigenvalue weighted by molar-refractivity contribution is 0.553. The summed E-state index contributed by atoms with van der Waals surface area (Å²) in [4.78, 5) is 0. The van der Waals surface area contributed by atoms with Crippen molar-refractivity contribution in [2.24, 2.45) is 0 Å². The molecule has 1 heterocycles. The van der Waals surface area contributed by atoms with E-state index >= 15 is 0 Å². The Bertz CT molecular complexity index is 618. The maximum Gasteiger partial charge on any atom is 0.248 e. The van der Waals surface area contributed by atoms with E-state index in [1.165, 1.54) is 5.56 Å². The molecule has 2 aromatic rings. The van der Waals surface area contributed by atoms with Gasteiger partial charge in [-0.05, 0) is 26.0 Å². The Balaban J connectivity index is 2.23. The fourth-order valence-electron chi connectivity index (χ4n) is 1.55. The molecule has 0 aliphatic rings. The average molecular weight is 252 g/mol. The number of aromatic nitrogens is 2. The van der Waals surface area contributed by atoms with Crippen LogP contribution in [0.15, 0.2) is 59.6 Å². The molecule has 0 saturated carbocycles. The van der Waals surface area contributed by atoms with Gasteiger partial charge in [0.05, 0.1) is 0 Å². The number of hydrogen-bond donors (Lipinski definition) is 0. The van der Waals surface area contributed by atoms with Crippen molar-refractivity contribution in [3.63, 3.8) is 0 Å². The molecule has 0 radical (unpaired) electrons. The minimum absolute atomic E-state index is 0.532. The molecule has 1 aromatic carbocycles. The first kappa shape index (κ1) is 13.0. The van der Waals surface area contributed by atoms with E-state index in [4.69, 9.17) is 4.42 Å². The van der Waals surface area contributed by atoms with Gasteiger partial charge in [0.25, 0.3) is 0 Å². The summed E-state index contributed by atoms with van der Waals surface area (Å²) in [7, 11) is 0. The number of benzene rings is 1. The third-order valence-corrected chi connectivity index (χ3v) is 2.65. The molecular weight excluding hydrogens is 236 g/mol. The highest BCUT2D eigenvalue weighted by Gasteiger charge is 2.08. The fourth-order valence-corrected chi connectivity index (χ4v) is 1.55. The third kappa shape index (κ3) is 3.28. The van der Waals surface area contributed by atoms with Crippen LogP contribution in [-0.4, -0.2) is 10.2 Å². The molecule has 0 saturated heterocycles. The molecule has 0 aliphatic carbocycles. The normalized spacial score (nSPS) is 12.0. The zero-order valence-corrected chi connectivity index (χ0v) is 11.1. The van der Waals surface area contributed by atoms with Gasteiger partial charge in [0, 0.05) is 11.1 Å². The number of nitrogens with zero attached hydrogens (tertiary/aromatic N) is 2. The standard InChI is InChI=1S/C16H16N2O/c1-4-5-6-7-13(3)15-17-18-16(19-15)14-10-8-12(2)9-11-14/h4-11H,1H2,2-3H3/b6-5-,13-7+. The first-order chi connectivity index (χ1) is 9.20. The Morgan fingerprint density at radius 2 is 1.89 bits per heavy atom. The highest BCUT2D eigenvalue weighted by atomic mass is 16.4. The predicted molar refractivity (Wildman–Crippen MR) is 77.5 cm³/mol. The van der Waals surface area contributed by atoms with Crippen molar-refractivity contribution in [2.45, 2.75) is 13.8 Å². The zero-order chi connectivity index (χ0) is 13.7. The second-order valence-corrected chi connectivity index (χ2v) is 4.25. The van der Waals surface area contributed by atoms with Crippen molar-refractivity contribution < 1.29 is 4.42 Å². The van der Waals surface area contributed by atoms with Gasteiger partial charge < -0.3 is 4.42 Å². The highest BCUT2D eigenvalue weighted by Crippen LogP contribution is 2.21. The van der Waals surface area contributed by atoms with Crippen LogP contribution in [0.4, 0.5) is 0 Å². The lowest BCUT2D eigenvalue weighted by Crippen LogP contribution is -1.78. The molecule has 19 heavy (non-hydrogen) atoms. The smallest absolute Gasteiger partial charge is 0.248 e. The third-order valence-electron chi connectivity index (χ3n) is 2.65. The molecule has 0 amide bonds. The Morgan fingerprint density at radius 3 is 2.58 bits per heavy atom. The van der Waals surface area contributed by atoms with Crippen LogP contribution in [0.3, 0.4) is 0 Å². The summed E-state index contributed by atoms with van der Waals surface area (Å²) < 4.78 is 5.65. The molecule has 0 atom stereocenters. The molecule has 96 valence electrons. The minimum Gasteiger partial charge on any atom is -0.416 e. The summed E-state index contributed by atoms with van der Waals surface area (Å²) in [5, 5.41) is 8.11. The second-order valence-electron chi connectivity index (χ2n) is 4.25. The lowest BCUT2D eigenvalue weighted by atomic mass is 10.1. The van der Waals surface area contributed by atoms with Crippen LogP contribution < -0.4 is 0 Å². The maximum atomic E-state index is 5.65. The molecule has 0 unspecified atom stereocenters. The van der Waals surface area contributed by atoms with Gasteiger partial charge in [-0.3, -0.25) is 0 Å². The highest BCUT2D eigenvalue weighted by molar-refractivity contribution is 5.60. The van der Waals surface area contributed by atoms with Crippen molar-refractivity contribution in [1.29, 1.82) is 0 Å². The summed E-state index contributed by atoms with van der Waals surface area (Å²) in [5.74, 6) is 1.07. The van der Waals surface area contributed by atoms with Crippen LogP contribution in [0.25, 0.3) is 17.0 Å². The van der Waals surface area contributed by atoms with E-state index in [2.05, 4.69) is 16.8 Å². The Labute approximate surface area is 113 Å². The van der Waals surface area contributed by atoms with Gasteiger partial charge in [-0.25, -0.2) is 0 Å². The largest absolute Gasteiger partial charge is 0.416 e. The molecule has 0 N–H and O–H groups in total. The summed E-state index contributed by atoms with van der Waals surface area (Å²) in [5.41, 5.74) is 3.05. The van der Waals surface area contributed by atoms with Crippen molar-refractivity contribution in [3.8, 4) is 11.5 Å². The summed E-state index contributed by atoms with van der Waals surface area (Å²) in [6, 6.07) is 8.00. The monoisotopic (exact) mass is 252 g/mol. The van der Waals surface area contributed by atoms with E-state index in [9.17, 15) is 0 Å². The van der Waals surface area contributed by atoms with Crippen LogP contribution in [0, 0.1) is 6.92 Å². The van der Waals surface area contributed by atoms with Crippen LogP contribution in [0.2, 0.25) is 0 Å². The lowest BCUT2D eigenvalue weighted by Gasteiger charge is -1.95. The van der Waals surface area contributed by atoms with Gasteiger partial charge in [0.1, 0.15) is 0 Å². The van der Waals surface area contributed by atoms with Crippen molar-refractivity contribution in [2.75, 3.05) is 0 Å². The molecule has 0 fully saturated rings. The number of aryl methyl sites for hydroxylation is 1. The van der Waals surface area contributed by atoms with E-state index in [-0.39, 0.29) is 0 Å². The SMILES string of the molecule is C=C/C=C\C=C(/C)c1nnc(-c2ccc(C)cc2)o1. The van der Waals surface area contributed by atoms with Crippen molar-refractivity contribution >= 4 is 5.57 Å². The van der Waals surface area contributed by atoms with Crippen LogP contribution in [0.5, 0.6) is 0 Å². The van der Waals surface area contributed by atoms with Gasteiger partial charge in [0.2, 0.25) is 11.8 Å². The Hall–Kier alpha value is -2.42. The molecule has 0 bridgehead atoms. The van der Waals surface area contributed by atoms with Crippen LogP contribution in [0.1, 0.15) is 18.4 Å². The van der Waals surface area contributed by atoms with E-state index in [0.29, 0.717) is 11.8 Å². The first-order valence-corrected chi connectivity index (χ1v) is 6.07. The molecule has 3 nitrogen and oxygen atoms in total.